The molecule has 0 aliphatic rings. The van der Waals surface area contributed by atoms with Crippen LogP contribution in [-0.2, 0) is 4.74 Å². The minimum Gasteiger partial charge on any atom is -1.00 e. The number of hydrogen-bond donors (Lipinski definition) is 0. The maximum Gasteiger partial charge on any atom is 1.00 e. The van der Waals surface area contributed by atoms with E-state index in [1.165, 1.54) is 0 Å². The normalized spacial score (nSPS) is 6.75. The molecule has 0 aliphatic carbocycles. The summed E-state index contributed by atoms with van der Waals surface area (Å²) in [4.78, 5) is 0. The third-order valence-electron chi connectivity index (χ3n) is 0.432. The molecule has 0 bridgehead atoms. The maximum absolute atomic E-state index is 9.56. The summed E-state index contributed by atoms with van der Waals surface area (Å²) >= 11 is 0. The van der Waals surface area contributed by atoms with Gasteiger partial charge in [-0.2, -0.15) is 0 Å². The first-order valence-electron chi connectivity index (χ1n) is 2.07. The van der Waals surface area contributed by atoms with Crippen molar-refractivity contribution >= 4 is 0 Å². The zero-order valence-corrected chi connectivity index (χ0v) is 11.1. The smallest absolute Gasteiger partial charge is 1.00 e. The molecular formula is C4H10KNaO2. The molecule has 0 aromatic carbocycles. The van der Waals surface area contributed by atoms with Crippen molar-refractivity contribution < 1.29 is 92.2 Å². The molecule has 0 amide bonds. The van der Waals surface area contributed by atoms with Gasteiger partial charge in [-0.1, -0.05) is 0 Å². The van der Waals surface area contributed by atoms with Crippen molar-refractivity contribution in [2.45, 2.75) is 6.92 Å². The van der Waals surface area contributed by atoms with Crippen LogP contribution in [0.15, 0.2) is 0 Å². The van der Waals surface area contributed by atoms with Crippen LogP contribution in [0.2, 0.25) is 0 Å². The van der Waals surface area contributed by atoms with Crippen LogP contribution in [0, 0.1) is 0 Å². The molecule has 0 aromatic heterocycles. The van der Waals surface area contributed by atoms with Crippen molar-refractivity contribution in [3.63, 3.8) is 0 Å². The Hall–Kier alpha value is 2.56. The second kappa shape index (κ2) is 16.3. The van der Waals surface area contributed by atoms with E-state index in [1.807, 2.05) is 6.92 Å². The number of rotatable bonds is 3. The Balaban J connectivity index is -0.0000000417. The van der Waals surface area contributed by atoms with Gasteiger partial charge in [-0.15, -0.1) is 6.61 Å². The van der Waals surface area contributed by atoms with Crippen LogP contribution >= 0.6 is 0 Å². The second-order valence-corrected chi connectivity index (χ2v) is 0.901. The Morgan fingerprint density at radius 3 is 2.25 bits per heavy atom. The third kappa shape index (κ3) is 15.8. The molecule has 0 saturated carbocycles. The van der Waals surface area contributed by atoms with Gasteiger partial charge in [-0.05, 0) is 6.92 Å². The van der Waals surface area contributed by atoms with Gasteiger partial charge in [0.1, 0.15) is 0 Å². The zero-order valence-electron chi connectivity index (χ0n) is 6.94. The summed E-state index contributed by atoms with van der Waals surface area (Å²) < 4.78 is 4.67. The van der Waals surface area contributed by atoms with E-state index >= 15 is 0 Å². The van der Waals surface area contributed by atoms with E-state index in [0.29, 0.717) is 13.2 Å². The molecule has 0 saturated heterocycles. The largest absolute Gasteiger partial charge is 1.00 e. The Kier molecular flexibility index (Phi) is 34.4. The minimum absolute atomic E-state index is 0. The van der Waals surface area contributed by atoms with E-state index < -0.39 is 0 Å². The Morgan fingerprint density at radius 2 is 2.12 bits per heavy atom. The van der Waals surface area contributed by atoms with E-state index in [2.05, 4.69) is 4.74 Å². The average molecular weight is 152 g/mol. The van der Waals surface area contributed by atoms with Crippen molar-refractivity contribution in [1.82, 2.24) is 0 Å². The number of ether oxygens (including phenoxy) is 1. The van der Waals surface area contributed by atoms with Crippen LogP contribution in [0.3, 0.4) is 0 Å². The first-order valence-corrected chi connectivity index (χ1v) is 2.07. The molecule has 2 nitrogen and oxygen atoms in total. The minimum atomic E-state index is -0.117. The Labute approximate surface area is 117 Å². The van der Waals surface area contributed by atoms with Crippen LogP contribution in [0.5, 0.6) is 0 Å². The molecule has 0 unspecified atom stereocenters. The van der Waals surface area contributed by atoms with Gasteiger partial charge < -0.3 is 11.3 Å². The van der Waals surface area contributed by atoms with Gasteiger partial charge in [-0.25, -0.2) is 0 Å². The van der Waals surface area contributed by atoms with Crippen LogP contribution in [0.1, 0.15) is 8.35 Å². The number of hydrogen-bond acceptors (Lipinski definition) is 2. The van der Waals surface area contributed by atoms with Gasteiger partial charge in [0.05, 0.1) is 0 Å². The molecule has 4 heteroatoms. The summed E-state index contributed by atoms with van der Waals surface area (Å²) in [6, 6.07) is 0. The third-order valence-corrected chi connectivity index (χ3v) is 0.432. The predicted molar refractivity (Wildman–Crippen MR) is 22.5 cm³/mol. The molecule has 0 N–H and O–H groups in total. The SMILES string of the molecule is CCOCC[O-].[H-].[K+].[Na+]. The molecule has 40 valence electrons. The van der Waals surface area contributed by atoms with Crippen LogP contribution in [-0.4, -0.2) is 19.8 Å². The van der Waals surface area contributed by atoms with E-state index in [4.69, 9.17) is 0 Å². The quantitative estimate of drug-likeness (QED) is 0.297. The molecule has 0 aliphatic heterocycles. The van der Waals surface area contributed by atoms with E-state index in [9.17, 15) is 5.11 Å². The monoisotopic (exact) mass is 152 g/mol. The average Bonchev–Trinajstić information content (AvgIpc) is 1.61. The van der Waals surface area contributed by atoms with E-state index in [-0.39, 0.29) is 89.0 Å². The molecule has 0 spiro atoms. The predicted octanol–water partition coefficient (Wildman–Crippen LogP) is -6.50. The summed E-state index contributed by atoms with van der Waals surface area (Å²) in [5.74, 6) is 0. The van der Waals surface area contributed by atoms with Gasteiger partial charge in [-0.3, -0.25) is 0 Å². The molecule has 0 heterocycles. The standard InChI is InChI=1S/C4H9O2.K.Na.H/c1-2-6-4-3-5;;;/h2-4H2,1H3;;;/q-1;2*+1;-1. The fourth-order valence-electron chi connectivity index (χ4n) is 0.203. The first kappa shape index (κ1) is 16.9. The van der Waals surface area contributed by atoms with Crippen molar-refractivity contribution in [1.29, 1.82) is 0 Å². The van der Waals surface area contributed by atoms with E-state index in [0.717, 1.165) is 0 Å². The fraction of sp³-hybridized carbons (Fsp3) is 1.00. The van der Waals surface area contributed by atoms with Crippen LogP contribution < -0.4 is 86.0 Å². The molecular weight excluding hydrogens is 142 g/mol. The topological polar surface area (TPSA) is 32.3 Å². The fourth-order valence-corrected chi connectivity index (χ4v) is 0.203. The van der Waals surface area contributed by atoms with Crippen molar-refractivity contribution in [2.75, 3.05) is 19.8 Å². The summed E-state index contributed by atoms with van der Waals surface area (Å²) in [6.45, 7) is 2.77. The molecule has 0 radical (unpaired) electrons. The zero-order chi connectivity index (χ0) is 4.83. The summed E-state index contributed by atoms with van der Waals surface area (Å²) in [5.41, 5.74) is 0. The maximum atomic E-state index is 9.56. The first-order chi connectivity index (χ1) is 2.91. The Bertz CT molecular complexity index is 30.5. The van der Waals surface area contributed by atoms with Gasteiger partial charge in [0, 0.05) is 13.2 Å². The van der Waals surface area contributed by atoms with Crippen molar-refractivity contribution in [3.8, 4) is 0 Å². The molecule has 0 aromatic rings. The summed E-state index contributed by atoms with van der Waals surface area (Å²) in [7, 11) is 0. The van der Waals surface area contributed by atoms with Crippen molar-refractivity contribution in [2.24, 2.45) is 0 Å². The Morgan fingerprint density at radius 1 is 1.62 bits per heavy atom. The van der Waals surface area contributed by atoms with Crippen LogP contribution in [0.25, 0.3) is 0 Å². The molecule has 0 fully saturated rings. The van der Waals surface area contributed by atoms with Crippen molar-refractivity contribution in [3.05, 3.63) is 0 Å². The van der Waals surface area contributed by atoms with Gasteiger partial charge in [0.25, 0.3) is 0 Å². The second-order valence-electron chi connectivity index (χ2n) is 0.901. The van der Waals surface area contributed by atoms with E-state index in [1.54, 1.807) is 0 Å². The van der Waals surface area contributed by atoms with Gasteiger partial charge >= 0.3 is 80.9 Å². The van der Waals surface area contributed by atoms with Gasteiger partial charge in [0.2, 0.25) is 0 Å². The summed E-state index contributed by atoms with van der Waals surface area (Å²) in [6.07, 6.45) is 0. The molecule has 0 atom stereocenters. The molecule has 0 rings (SSSR count). The molecule has 8 heavy (non-hydrogen) atoms. The summed E-state index contributed by atoms with van der Waals surface area (Å²) in [5, 5.41) is 9.56. The van der Waals surface area contributed by atoms with Gasteiger partial charge in [0.15, 0.2) is 0 Å². The van der Waals surface area contributed by atoms with Crippen LogP contribution in [0.4, 0.5) is 0 Å².